The van der Waals surface area contributed by atoms with Crippen LogP contribution in [-0.2, 0) is 4.74 Å². The Bertz CT molecular complexity index is 110. The number of ether oxygens (including phenoxy) is 1. The smallest absolute Gasteiger partial charge is 0.0518 e. The first-order valence-corrected chi connectivity index (χ1v) is 6.89. The van der Waals surface area contributed by atoms with E-state index in [0.29, 0.717) is 6.10 Å². The van der Waals surface area contributed by atoms with Crippen LogP contribution in [0.4, 0.5) is 0 Å². The first-order chi connectivity index (χ1) is 7.27. The van der Waals surface area contributed by atoms with Gasteiger partial charge in [-0.25, -0.2) is 0 Å². The molecule has 0 bridgehead atoms. The molecule has 15 heavy (non-hydrogen) atoms. The second-order valence-electron chi connectivity index (χ2n) is 4.75. The van der Waals surface area contributed by atoms with E-state index in [2.05, 4.69) is 20.8 Å². The Labute approximate surface area is 96.6 Å². The number of rotatable bonds is 11. The summed E-state index contributed by atoms with van der Waals surface area (Å²) in [6, 6.07) is 0. The van der Waals surface area contributed by atoms with Crippen LogP contribution >= 0.6 is 0 Å². The summed E-state index contributed by atoms with van der Waals surface area (Å²) in [5.74, 6) is 0. The quantitative estimate of drug-likeness (QED) is 0.442. The van der Waals surface area contributed by atoms with Crippen LogP contribution in [0.25, 0.3) is 0 Å². The van der Waals surface area contributed by atoms with Crippen LogP contribution in [0.15, 0.2) is 0 Å². The minimum atomic E-state index is 0.402. The summed E-state index contributed by atoms with van der Waals surface area (Å²) in [7, 11) is 0. The maximum absolute atomic E-state index is 5.50. The van der Waals surface area contributed by atoms with Gasteiger partial charge in [-0.3, -0.25) is 0 Å². The van der Waals surface area contributed by atoms with E-state index in [4.69, 9.17) is 4.74 Å². The van der Waals surface area contributed by atoms with Crippen LogP contribution in [-0.4, -0.2) is 12.7 Å². The molecule has 0 N–H and O–H groups in total. The molecule has 0 atom stereocenters. The van der Waals surface area contributed by atoms with Gasteiger partial charge in [0.1, 0.15) is 0 Å². The van der Waals surface area contributed by atoms with Gasteiger partial charge in [-0.1, -0.05) is 58.3 Å². The highest BCUT2D eigenvalue weighted by molar-refractivity contribution is 4.47. The summed E-state index contributed by atoms with van der Waals surface area (Å²) < 4.78 is 5.50. The lowest BCUT2D eigenvalue weighted by Crippen LogP contribution is -2.03. The largest absolute Gasteiger partial charge is 0.379 e. The van der Waals surface area contributed by atoms with Gasteiger partial charge in [-0.15, -0.1) is 0 Å². The summed E-state index contributed by atoms with van der Waals surface area (Å²) in [6.07, 6.45) is 12.9. The molecule has 0 aromatic carbocycles. The molecule has 1 nitrogen and oxygen atoms in total. The minimum absolute atomic E-state index is 0.402. The summed E-state index contributed by atoms with van der Waals surface area (Å²) in [5, 5.41) is 0. The lowest BCUT2D eigenvalue weighted by Gasteiger charge is -2.06. The van der Waals surface area contributed by atoms with E-state index in [-0.39, 0.29) is 0 Å². The van der Waals surface area contributed by atoms with Gasteiger partial charge >= 0.3 is 0 Å². The highest BCUT2D eigenvalue weighted by Crippen LogP contribution is 2.09. The Morgan fingerprint density at radius 1 is 0.733 bits per heavy atom. The Kier molecular flexibility index (Phi) is 12.0. The SMILES string of the molecule is CCCCCCCCCCCOC(C)C. The molecule has 0 aromatic heterocycles. The van der Waals surface area contributed by atoms with Gasteiger partial charge in [-0.2, -0.15) is 0 Å². The van der Waals surface area contributed by atoms with Crippen LogP contribution < -0.4 is 0 Å². The summed E-state index contributed by atoms with van der Waals surface area (Å²) in [4.78, 5) is 0. The Hall–Kier alpha value is -0.0400. The molecule has 92 valence electrons. The van der Waals surface area contributed by atoms with E-state index in [9.17, 15) is 0 Å². The molecule has 0 aromatic rings. The van der Waals surface area contributed by atoms with Crippen molar-refractivity contribution in [3.8, 4) is 0 Å². The third-order valence-corrected chi connectivity index (χ3v) is 2.70. The summed E-state index contributed by atoms with van der Waals surface area (Å²) in [6.45, 7) is 7.43. The van der Waals surface area contributed by atoms with Crippen molar-refractivity contribution < 1.29 is 4.74 Å². The average Bonchev–Trinajstić information content (AvgIpc) is 2.20. The molecule has 0 saturated carbocycles. The van der Waals surface area contributed by atoms with Gasteiger partial charge in [0.15, 0.2) is 0 Å². The van der Waals surface area contributed by atoms with Crippen LogP contribution in [0.1, 0.15) is 78.6 Å². The second kappa shape index (κ2) is 12.0. The van der Waals surface area contributed by atoms with Crippen LogP contribution in [0.5, 0.6) is 0 Å². The summed E-state index contributed by atoms with van der Waals surface area (Å²) >= 11 is 0. The molecule has 0 amide bonds. The molecular formula is C14H30O. The third kappa shape index (κ3) is 14.0. The lowest BCUT2D eigenvalue weighted by molar-refractivity contribution is 0.0756. The molecule has 0 spiro atoms. The standard InChI is InChI=1S/C14H30O/c1-4-5-6-7-8-9-10-11-12-13-15-14(2)3/h14H,4-13H2,1-3H3. The fourth-order valence-electron chi connectivity index (χ4n) is 1.73. The van der Waals surface area contributed by atoms with E-state index >= 15 is 0 Å². The van der Waals surface area contributed by atoms with Crippen molar-refractivity contribution in [3.05, 3.63) is 0 Å². The monoisotopic (exact) mass is 214 g/mol. The number of hydrogen-bond acceptors (Lipinski definition) is 1. The summed E-state index contributed by atoms with van der Waals surface area (Å²) in [5.41, 5.74) is 0. The molecule has 0 aliphatic rings. The van der Waals surface area contributed by atoms with Gasteiger partial charge in [0.25, 0.3) is 0 Å². The van der Waals surface area contributed by atoms with Gasteiger partial charge in [0.05, 0.1) is 6.10 Å². The van der Waals surface area contributed by atoms with Crippen LogP contribution in [0.3, 0.4) is 0 Å². The first kappa shape index (κ1) is 15.0. The predicted octanol–water partition coefficient (Wildman–Crippen LogP) is 4.94. The molecule has 0 aliphatic carbocycles. The average molecular weight is 214 g/mol. The maximum atomic E-state index is 5.50. The van der Waals surface area contributed by atoms with Crippen LogP contribution in [0.2, 0.25) is 0 Å². The zero-order chi connectivity index (χ0) is 11.4. The Morgan fingerprint density at radius 3 is 1.67 bits per heavy atom. The fourth-order valence-corrected chi connectivity index (χ4v) is 1.73. The lowest BCUT2D eigenvalue weighted by atomic mass is 10.1. The van der Waals surface area contributed by atoms with E-state index in [1.165, 1.54) is 57.8 Å². The van der Waals surface area contributed by atoms with Gasteiger partial charge in [0.2, 0.25) is 0 Å². The molecule has 1 heteroatoms. The second-order valence-corrected chi connectivity index (χ2v) is 4.75. The zero-order valence-electron chi connectivity index (χ0n) is 11.1. The topological polar surface area (TPSA) is 9.23 Å². The predicted molar refractivity (Wildman–Crippen MR) is 68.3 cm³/mol. The number of hydrogen-bond donors (Lipinski definition) is 0. The molecular weight excluding hydrogens is 184 g/mol. The molecule has 0 aliphatic heterocycles. The third-order valence-electron chi connectivity index (χ3n) is 2.70. The van der Waals surface area contributed by atoms with E-state index in [1.807, 2.05) is 0 Å². The van der Waals surface area contributed by atoms with Crippen molar-refractivity contribution in [3.63, 3.8) is 0 Å². The molecule has 0 rings (SSSR count). The van der Waals surface area contributed by atoms with Gasteiger partial charge in [-0.05, 0) is 20.3 Å². The van der Waals surface area contributed by atoms with Crippen molar-refractivity contribution in [2.75, 3.05) is 6.61 Å². The fraction of sp³-hybridized carbons (Fsp3) is 1.00. The van der Waals surface area contributed by atoms with Gasteiger partial charge < -0.3 is 4.74 Å². The van der Waals surface area contributed by atoms with Crippen molar-refractivity contribution in [2.24, 2.45) is 0 Å². The van der Waals surface area contributed by atoms with Crippen LogP contribution in [0, 0.1) is 0 Å². The molecule has 0 fully saturated rings. The van der Waals surface area contributed by atoms with Crippen molar-refractivity contribution >= 4 is 0 Å². The van der Waals surface area contributed by atoms with E-state index < -0.39 is 0 Å². The van der Waals surface area contributed by atoms with E-state index in [1.54, 1.807) is 0 Å². The van der Waals surface area contributed by atoms with Gasteiger partial charge in [0, 0.05) is 6.61 Å². The van der Waals surface area contributed by atoms with E-state index in [0.717, 1.165) is 6.61 Å². The maximum Gasteiger partial charge on any atom is 0.0518 e. The Balaban J connectivity index is 2.87. The highest BCUT2D eigenvalue weighted by atomic mass is 16.5. The minimum Gasteiger partial charge on any atom is -0.379 e. The first-order valence-electron chi connectivity index (χ1n) is 6.89. The molecule has 0 saturated heterocycles. The highest BCUT2D eigenvalue weighted by Gasteiger charge is 1.94. The molecule has 0 heterocycles. The van der Waals surface area contributed by atoms with Crippen molar-refractivity contribution in [2.45, 2.75) is 84.7 Å². The van der Waals surface area contributed by atoms with Crippen molar-refractivity contribution in [1.29, 1.82) is 0 Å². The zero-order valence-corrected chi connectivity index (χ0v) is 11.1. The Morgan fingerprint density at radius 2 is 1.20 bits per heavy atom. The van der Waals surface area contributed by atoms with Crippen molar-refractivity contribution in [1.82, 2.24) is 0 Å². The number of unbranched alkanes of at least 4 members (excludes halogenated alkanes) is 8. The molecule has 0 unspecified atom stereocenters. The molecule has 0 radical (unpaired) electrons. The normalized spacial score (nSPS) is 11.2.